The van der Waals surface area contributed by atoms with Gasteiger partial charge in [0.15, 0.2) is 5.96 Å². The highest BCUT2D eigenvalue weighted by Crippen LogP contribution is 2.14. The first kappa shape index (κ1) is 27.6. The normalized spacial score (nSPS) is 17.0. The Kier molecular flexibility index (Phi) is 13.0. The molecule has 2 rings (SSSR count). The van der Waals surface area contributed by atoms with Crippen LogP contribution >= 0.6 is 24.0 Å². The van der Waals surface area contributed by atoms with Crippen molar-refractivity contribution in [1.29, 1.82) is 0 Å². The Morgan fingerprint density at radius 2 is 1.87 bits per heavy atom. The van der Waals surface area contributed by atoms with Gasteiger partial charge in [-0.3, -0.25) is 14.7 Å². The van der Waals surface area contributed by atoms with E-state index in [2.05, 4.69) is 29.4 Å². The third-order valence-electron chi connectivity index (χ3n) is 5.38. The molecule has 1 aromatic rings. The maximum absolute atomic E-state index is 13.1. The number of amides is 1. The van der Waals surface area contributed by atoms with Gasteiger partial charge in [-0.2, -0.15) is 0 Å². The van der Waals surface area contributed by atoms with Crippen molar-refractivity contribution in [3.63, 3.8) is 0 Å². The zero-order chi connectivity index (χ0) is 21.9. The summed E-state index contributed by atoms with van der Waals surface area (Å²) in [4.78, 5) is 19.1. The molecule has 1 aromatic carbocycles. The molecule has 1 saturated heterocycles. The molecule has 0 spiro atoms. The van der Waals surface area contributed by atoms with Crippen molar-refractivity contribution >= 4 is 35.8 Å². The molecule has 1 heterocycles. The molecule has 7 nitrogen and oxygen atoms in total. The van der Waals surface area contributed by atoms with Crippen LogP contribution in [0, 0.1) is 17.7 Å². The van der Waals surface area contributed by atoms with Gasteiger partial charge < -0.3 is 21.1 Å². The number of hydrogen-bond acceptors (Lipinski definition) is 4. The summed E-state index contributed by atoms with van der Waals surface area (Å²) in [6.07, 6.45) is 0.449. The topological polar surface area (TPSA) is 92.0 Å². The van der Waals surface area contributed by atoms with Crippen LogP contribution in [-0.2, 0) is 16.0 Å². The van der Waals surface area contributed by atoms with Crippen LogP contribution in [-0.4, -0.2) is 68.7 Å². The van der Waals surface area contributed by atoms with Gasteiger partial charge in [0.05, 0.1) is 25.7 Å². The largest absolute Gasteiger partial charge is 0.379 e. The lowest BCUT2D eigenvalue weighted by Crippen LogP contribution is -2.48. The molecule has 2 unspecified atom stereocenters. The minimum Gasteiger partial charge on any atom is -0.379 e. The second-order valence-corrected chi connectivity index (χ2v) is 7.99. The van der Waals surface area contributed by atoms with Gasteiger partial charge in [-0.25, -0.2) is 4.39 Å². The maximum atomic E-state index is 13.1. The van der Waals surface area contributed by atoms with Gasteiger partial charge in [0.2, 0.25) is 5.91 Å². The Morgan fingerprint density at radius 1 is 1.23 bits per heavy atom. The molecule has 176 valence electrons. The summed E-state index contributed by atoms with van der Waals surface area (Å²) in [5, 5.41) is 6.49. The van der Waals surface area contributed by atoms with Gasteiger partial charge in [-0.05, 0) is 37.0 Å². The number of ether oxygens (including phenoxy) is 1. The van der Waals surface area contributed by atoms with Crippen LogP contribution in [0.3, 0.4) is 0 Å². The number of morpholine rings is 1. The summed E-state index contributed by atoms with van der Waals surface area (Å²) in [5.41, 5.74) is 6.47. The molecule has 0 aromatic heterocycles. The van der Waals surface area contributed by atoms with Gasteiger partial charge in [0.1, 0.15) is 5.82 Å². The summed E-state index contributed by atoms with van der Waals surface area (Å²) in [7, 11) is 0. The van der Waals surface area contributed by atoms with E-state index < -0.39 is 11.8 Å². The molecule has 1 aliphatic heterocycles. The van der Waals surface area contributed by atoms with Crippen molar-refractivity contribution in [3.05, 3.63) is 35.6 Å². The van der Waals surface area contributed by atoms with Crippen molar-refractivity contribution in [2.75, 3.05) is 45.9 Å². The van der Waals surface area contributed by atoms with Crippen LogP contribution in [0.15, 0.2) is 29.3 Å². The standard InChI is InChI=1S/C22H36FN5O2.HI/c1-4-25-22(27-15-20(16(2)3)28-9-11-30-12-10-28)26-14-18(21(24)29)13-17-5-7-19(23)8-6-17;/h5-8,16,18,20H,4,9-15H2,1-3H3,(H2,24,29)(H2,25,26,27);1H. The minimum absolute atomic E-state index is 0. The molecule has 0 saturated carbocycles. The quantitative estimate of drug-likeness (QED) is 0.236. The first-order valence-electron chi connectivity index (χ1n) is 10.8. The summed E-state index contributed by atoms with van der Waals surface area (Å²) in [5.74, 6) is 0.0258. The van der Waals surface area contributed by atoms with Crippen LogP contribution in [0.5, 0.6) is 0 Å². The fourth-order valence-electron chi connectivity index (χ4n) is 3.58. The predicted molar refractivity (Wildman–Crippen MR) is 133 cm³/mol. The monoisotopic (exact) mass is 549 g/mol. The second kappa shape index (κ2) is 14.6. The van der Waals surface area contributed by atoms with Gasteiger partial charge in [-0.1, -0.05) is 26.0 Å². The lowest BCUT2D eigenvalue weighted by atomic mass is 9.98. The third kappa shape index (κ3) is 9.69. The molecule has 0 radical (unpaired) electrons. The first-order valence-corrected chi connectivity index (χ1v) is 10.8. The van der Waals surface area contributed by atoms with Crippen molar-refractivity contribution in [2.24, 2.45) is 22.6 Å². The number of hydrogen-bond donors (Lipinski definition) is 3. The lowest BCUT2D eigenvalue weighted by Gasteiger charge is -2.36. The Balaban J connectivity index is 0.00000480. The number of primary amides is 1. The molecule has 4 N–H and O–H groups in total. The van der Waals surface area contributed by atoms with Crippen molar-refractivity contribution in [3.8, 4) is 0 Å². The zero-order valence-corrected chi connectivity index (χ0v) is 21.1. The Bertz CT molecular complexity index is 681. The summed E-state index contributed by atoms with van der Waals surface area (Å²) >= 11 is 0. The van der Waals surface area contributed by atoms with Crippen molar-refractivity contribution < 1.29 is 13.9 Å². The van der Waals surface area contributed by atoms with E-state index in [0.29, 0.717) is 37.4 Å². The number of benzene rings is 1. The summed E-state index contributed by atoms with van der Waals surface area (Å²) < 4.78 is 18.6. The molecule has 0 bridgehead atoms. The molecular formula is C22H37FIN5O2. The summed E-state index contributed by atoms with van der Waals surface area (Å²) in [6.45, 7) is 11.5. The molecule has 1 amide bonds. The van der Waals surface area contributed by atoms with Crippen molar-refractivity contribution in [1.82, 2.24) is 15.5 Å². The van der Waals surface area contributed by atoms with Crippen LogP contribution in [0.25, 0.3) is 0 Å². The van der Waals surface area contributed by atoms with E-state index in [1.165, 1.54) is 12.1 Å². The number of carbonyl (C=O) groups is 1. The van der Waals surface area contributed by atoms with Crippen LogP contribution in [0.4, 0.5) is 4.39 Å². The van der Waals surface area contributed by atoms with Crippen LogP contribution < -0.4 is 16.4 Å². The fourth-order valence-corrected chi connectivity index (χ4v) is 3.58. The number of rotatable bonds is 10. The SMILES string of the molecule is CCNC(=NCC(C(C)C)N1CCOCC1)NCC(Cc1ccc(F)cc1)C(N)=O.I. The number of halogens is 2. The smallest absolute Gasteiger partial charge is 0.222 e. The van der Waals surface area contributed by atoms with E-state index in [4.69, 9.17) is 15.5 Å². The third-order valence-corrected chi connectivity index (χ3v) is 5.38. The van der Waals surface area contributed by atoms with E-state index >= 15 is 0 Å². The molecule has 2 atom stereocenters. The van der Waals surface area contributed by atoms with E-state index in [1.54, 1.807) is 12.1 Å². The van der Waals surface area contributed by atoms with Gasteiger partial charge in [0.25, 0.3) is 0 Å². The van der Waals surface area contributed by atoms with E-state index in [0.717, 1.165) is 38.4 Å². The molecule has 0 aliphatic carbocycles. The lowest BCUT2D eigenvalue weighted by molar-refractivity contribution is -0.121. The number of nitrogens with two attached hydrogens (primary N) is 1. The van der Waals surface area contributed by atoms with E-state index in [1.807, 2.05) is 6.92 Å². The molecule has 1 fully saturated rings. The Morgan fingerprint density at radius 3 is 2.42 bits per heavy atom. The molecule has 9 heteroatoms. The highest BCUT2D eigenvalue weighted by Gasteiger charge is 2.24. The van der Waals surface area contributed by atoms with E-state index in [-0.39, 0.29) is 29.8 Å². The maximum Gasteiger partial charge on any atom is 0.222 e. The fraction of sp³-hybridized carbons (Fsp3) is 0.636. The van der Waals surface area contributed by atoms with Gasteiger partial charge >= 0.3 is 0 Å². The molecule has 31 heavy (non-hydrogen) atoms. The Labute approximate surface area is 202 Å². The van der Waals surface area contributed by atoms with Gasteiger partial charge in [-0.15, -0.1) is 24.0 Å². The summed E-state index contributed by atoms with van der Waals surface area (Å²) in [6, 6.07) is 6.48. The highest BCUT2D eigenvalue weighted by molar-refractivity contribution is 14.0. The van der Waals surface area contributed by atoms with E-state index in [9.17, 15) is 9.18 Å². The number of nitrogens with one attached hydrogen (secondary N) is 2. The average molecular weight is 549 g/mol. The van der Waals surface area contributed by atoms with Crippen LogP contribution in [0.1, 0.15) is 26.3 Å². The zero-order valence-electron chi connectivity index (χ0n) is 18.8. The van der Waals surface area contributed by atoms with Crippen molar-refractivity contribution in [2.45, 2.75) is 33.2 Å². The predicted octanol–water partition coefficient (Wildman–Crippen LogP) is 2.00. The highest BCUT2D eigenvalue weighted by atomic mass is 127. The molecular weight excluding hydrogens is 512 g/mol. The van der Waals surface area contributed by atoms with Crippen LogP contribution in [0.2, 0.25) is 0 Å². The minimum atomic E-state index is -0.417. The average Bonchev–Trinajstić information content (AvgIpc) is 2.72. The Hall–Kier alpha value is -1.46. The number of aliphatic imine (C=N–C) groups is 1. The molecule has 1 aliphatic rings. The first-order chi connectivity index (χ1) is 14.4. The number of carbonyl (C=O) groups excluding carboxylic acids is 1. The van der Waals surface area contributed by atoms with Gasteiger partial charge in [0, 0.05) is 32.2 Å². The second-order valence-electron chi connectivity index (χ2n) is 7.99. The number of nitrogens with zero attached hydrogens (tertiary/aromatic N) is 2. The number of guanidine groups is 1.